The van der Waals surface area contributed by atoms with E-state index in [0.717, 1.165) is 30.4 Å². The summed E-state index contributed by atoms with van der Waals surface area (Å²) in [5.74, 6) is 1.01. The third-order valence-corrected chi connectivity index (χ3v) is 9.42. The van der Waals surface area contributed by atoms with Crippen LogP contribution < -0.4 is 4.72 Å². The number of hydrogen-bond donors (Lipinski definition) is 1. The molecule has 0 saturated carbocycles. The molecule has 0 aliphatic carbocycles. The Bertz CT molecular complexity index is 1380. The Labute approximate surface area is 214 Å². The van der Waals surface area contributed by atoms with E-state index in [1.807, 2.05) is 31.0 Å². The molecular formula is C27H38N4O4S. The fourth-order valence-electron chi connectivity index (χ4n) is 5.30. The third-order valence-electron chi connectivity index (χ3n) is 7.79. The summed E-state index contributed by atoms with van der Waals surface area (Å²) in [6, 6.07) is 5.63. The Hall–Kier alpha value is -2.81. The quantitative estimate of drug-likeness (QED) is 0.504. The van der Waals surface area contributed by atoms with Gasteiger partial charge in [0, 0.05) is 48.8 Å². The van der Waals surface area contributed by atoms with Gasteiger partial charge in [-0.05, 0) is 61.3 Å². The summed E-state index contributed by atoms with van der Waals surface area (Å²) in [5.41, 5.74) is 2.98. The third kappa shape index (κ3) is 4.77. The van der Waals surface area contributed by atoms with Crippen LogP contribution in [0.3, 0.4) is 0 Å². The monoisotopic (exact) mass is 514 g/mol. The lowest BCUT2D eigenvalue weighted by Crippen LogP contribution is -2.46. The second-order valence-corrected chi connectivity index (χ2v) is 13.0. The SMILES string of the molecule is Cc1noc(C)c1S(=O)(=O)Nc1ccc2c(c1)c([C@@H]1CCN(C(=O)[C@H](C)C(C)(C)C)C[C@@H]1C)cn2C. The number of sulfonamides is 1. The Morgan fingerprint density at radius 1 is 1.25 bits per heavy atom. The molecule has 0 bridgehead atoms. The predicted molar refractivity (Wildman–Crippen MR) is 141 cm³/mol. The van der Waals surface area contributed by atoms with Crippen molar-refractivity contribution in [3.63, 3.8) is 0 Å². The average molecular weight is 515 g/mol. The van der Waals surface area contributed by atoms with E-state index in [1.165, 1.54) is 5.56 Å². The van der Waals surface area contributed by atoms with Gasteiger partial charge in [0.1, 0.15) is 5.69 Å². The van der Waals surface area contributed by atoms with Gasteiger partial charge in [-0.1, -0.05) is 39.8 Å². The van der Waals surface area contributed by atoms with E-state index in [-0.39, 0.29) is 39.7 Å². The minimum Gasteiger partial charge on any atom is -0.360 e. The number of nitrogens with zero attached hydrogens (tertiary/aromatic N) is 3. The van der Waals surface area contributed by atoms with Gasteiger partial charge in [-0.2, -0.15) is 0 Å². The normalized spacial score (nSPS) is 20.1. The average Bonchev–Trinajstić information content (AvgIpc) is 3.30. The van der Waals surface area contributed by atoms with Crippen LogP contribution in [0.15, 0.2) is 33.8 Å². The lowest BCUT2D eigenvalue weighted by Gasteiger charge is -2.40. The summed E-state index contributed by atoms with van der Waals surface area (Å²) >= 11 is 0. The highest BCUT2D eigenvalue weighted by Crippen LogP contribution is 2.39. The number of benzene rings is 1. The van der Waals surface area contributed by atoms with E-state index in [4.69, 9.17) is 4.52 Å². The first-order valence-corrected chi connectivity index (χ1v) is 14.0. The van der Waals surface area contributed by atoms with Crippen molar-refractivity contribution < 1.29 is 17.7 Å². The summed E-state index contributed by atoms with van der Waals surface area (Å²) in [5, 5.41) is 4.80. The largest absolute Gasteiger partial charge is 0.360 e. The smallest absolute Gasteiger partial charge is 0.267 e. The van der Waals surface area contributed by atoms with Crippen LogP contribution in [0.5, 0.6) is 0 Å². The van der Waals surface area contributed by atoms with Crippen molar-refractivity contribution >= 4 is 32.5 Å². The first-order valence-electron chi connectivity index (χ1n) is 12.5. The fraction of sp³-hybridized carbons (Fsp3) is 0.556. The molecule has 1 aliphatic heterocycles. The number of rotatable bonds is 5. The molecule has 0 unspecified atom stereocenters. The molecule has 1 saturated heterocycles. The molecule has 4 rings (SSSR count). The number of carbonyl (C=O) groups is 1. The van der Waals surface area contributed by atoms with Gasteiger partial charge < -0.3 is 14.0 Å². The summed E-state index contributed by atoms with van der Waals surface area (Å²) in [7, 11) is -1.83. The zero-order valence-corrected chi connectivity index (χ0v) is 23.4. The van der Waals surface area contributed by atoms with Crippen LogP contribution >= 0.6 is 0 Å². The number of carbonyl (C=O) groups excluding carboxylic acids is 1. The number of anilines is 1. The van der Waals surface area contributed by atoms with Crippen LogP contribution in [-0.4, -0.2) is 42.0 Å². The second-order valence-electron chi connectivity index (χ2n) is 11.4. The molecule has 3 heterocycles. The number of fused-ring (bicyclic) bond motifs is 1. The highest BCUT2D eigenvalue weighted by Gasteiger charge is 2.36. The number of aromatic nitrogens is 2. The molecule has 0 spiro atoms. The van der Waals surface area contributed by atoms with Crippen LogP contribution in [0.1, 0.15) is 64.0 Å². The zero-order valence-electron chi connectivity index (χ0n) is 22.5. The minimum atomic E-state index is -3.84. The number of likely N-dealkylation sites (tertiary alicyclic amines) is 1. The first-order chi connectivity index (χ1) is 16.7. The van der Waals surface area contributed by atoms with Crippen LogP contribution in [0.2, 0.25) is 0 Å². The molecule has 9 heteroatoms. The molecule has 3 aromatic rings. The van der Waals surface area contributed by atoms with Crippen LogP contribution in [0.25, 0.3) is 10.9 Å². The minimum absolute atomic E-state index is 0.0351. The van der Waals surface area contributed by atoms with Crippen molar-refractivity contribution in [1.82, 2.24) is 14.6 Å². The van der Waals surface area contributed by atoms with Gasteiger partial charge >= 0.3 is 0 Å². The molecule has 2 aromatic heterocycles. The van der Waals surface area contributed by atoms with Crippen LogP contribution in [0.4, 0.5) is 5.69 Å². The fourth-order valence-corrected chi connectivity index (χ4v) is 6.68. The highest BCUT2D eigenvalue weighted by atomic mass is 32.2. The van der Waals surface area contributed by atoms with Crippen molar-refractivity contribution in [2.75, 3.05) is 17.8 Å². The number of aryl methyl sites for hydroxylation is 3. The van der Waals surface area contributed by atoms with Crippen molar-refractivity contribution in [3.8, 4) is 0 Å². The number of amides is 1. The molecule has 1 amide bonds. The molecule has 1 fully saturated rings. The Balaban J connectivity index is 1.61. The molecule has 3 atom stereocenters. The molecule has 0 radical (unpaired) electrons. The van der Waals surface area contributed by atoms with Gasteiger partial charge in [0.05, 0.1) is 0 Å². The van der Waals surface area contributed by atoms with Gasteiger partial charge in [-0.3, -0.25) is 9.52 Å². The Morgan fingerprint density at radius 3 is 2.53 bits per heavy atom. The molecule has 196 valence electrons. The van der Waals surface area contributed by atoms with Gasteiger partial charge in [0.2, 0.25) is 5.91 Å². The van der Waals surface area contributed by atoms with Crippen LogP contribution in [0, 0.1) is 31.1 Å². The molecule has 1 aromatic carbocycles. The Morgan fingerprint density at radius 2 is 1.94 bits per heavy atom. The molecule has 1 N–H and O–H groups in total. The molecule has 8 nitrogen and oxygen atoms in total. The summed E-state index contributed by atoms with van der Waals surface area (Å²) in [6.45, 7) is 15.2. The lowest BCUT2D eigenvalue weighted by molar-refractivity contribution is -0.140. The maximum absolute atomic E-state index is 13.1. The van der Waals surface area contributed by atoms with E-state index in [9.17, 15) is 13.2 Å². The second kappa shape index (κ2) is 9.25. The summed E-state index contributed by atoms with van der Waals surface area (Å²) in [4.78, 5) is 15.2. The molecule has 36 heavy (non-hydrogen) atoms. The van der Waals surface area contributed by atoms with E-state index < -0.39 is 10.0 Å². The summed E-state index contributed by atoms with van der Waals surface area (Å²) < 4.78 is 36.0. The van der Waals surface area contributed by atoms with Gasteiger partial charge in [-0.15, -0.1) is 0 Å². The van der Waals surface area contributed by atoms with Gasteiger partial charge in [0.15, 0.2) is 10.7 Å². The first kappa shape index (κ1) is 26.3. The van der Waals surface area contributed by atoms with Crippen molar-refractivity contribution in [1.29, 1.82) is 0 Å². The highest BCUT2D eigenvalue weighted by molar-refractivity contribution is 7.92. The standard InChI is InChI=1S/C27H38N4O4S/c1-16-14-31(26(32)17(2)27(5,6)7)12-11-21(16)23-15-30(8)24-10-9-20(13-22(23)24)29-36(33,34)25-18(3)28-35-19(25)4/h9-10,13,15-17,21,29H,11-12,14H2,1-8H3/t16-,17-,21+/m0/s1. The maximum Gasteiger partial charge on any atom is 0.267 e. The van der Waals surface area contributed by atoms with E-state index in [1.54, 1.807) is 19.9 Å². The predicted octanol–water partition coefficient (Wildman–Crippen LogP) is 5.22. The van der Waals surface area contributed by atoms with E-state index in [0.29, 0.717) is 11.4 Å². The van der Waals surface area contributed by atoms with Crippen molar-refractivity contribution in [2.24, 2.45) is 24.3 Å². The number of hydrogen-bond acceptors (Lipinski definition) is 5. The van der Waals surface area contributed by atoms with Gasteiger partial charge in [0.25, 0.3) is 10.0 Å². The topological polar surface area (TPSA) is 97.4 Å². The zero-order chi connectivity index (χ0) is 26.6. The number of piperidine rings is 1. The lowest BCUT2D eigenvalue weighted by atomic mass is 9.78. The van der Waals surface area contributed by atoms with Crippen molar-refractivity contribution in [2.45, 2.75) is 65.7 Å². The van der Waals surface area contributed by atoms with Gasteiger partial charge in [-0.25, -0.2) is 8.42 Å². The molecular weight excluding hydrogens is 476 g/mol. The Kier molecular flexibility index (Phi) is 6.75. The van der Waals surface area contributed by atoms with Crippen LogP contribution in [-0.2, 0) is 21.9 Å². The maximum atomic E-state index is 13.1. The molecule has 1 aliphatic rings. The van der Waals surface area contributed by atoms with Crippen molar-refractivity contribution in [3.05, 3.63) is 41.4 Å². The number of nitrogens with one attached hydrogen (secondary N) is 1. The van der Waals surface area contributed by atoms with E-state index in [2.05, 4.69) is 48.3 Å². The van der Waals surface area contributed by atoms with E-state index >= 15 is 0 Å². The summed E-state index contributed by atoms with van der Waals surface area (Å²) in [6.07, 6.45) is 3.02.